The molecule has 0 heterocycles. The summed E-state index contributed by atoms with van der Waals surface area (Å²) in [7, 11) is 1.57. The zero-order chi connectivity index (χ0) is 15.2. The molecule has 2 aromatic rings. The normalized spacial score (nSPS) is 9.81. The lowest BCUT2D eigenvalue weighted by Crippen LogP contribution is -2.39. The van der Waals surface area contributed by atoms with E-state index in [1.807, 2.05) is 6.07 Å². The maximum absolute atomic E-state index is 12.3. The van der Waals surface area contributed by atoms with Crippen LogP contribution in [0.3, 0.4) is 0 Å². The van der Waals surface area contributed by atoms with E-state index in [9.17, 15) is 9.59 Å². The van der Waals surface area contributed by atoms with Gasteiger partial charge in [0.1, 0.15) is 5.75 Å². The predicted octanol–water partition coefficient (Wildman–Crippen LogP) is 2.71. The number of amides is 2. The average molecular weight is 284 g/mol. The van der Waals surface area contributed by atoms with E-state index in [4.69, 9.17) is 4.74 Å². The molecule has 0 aromatic heterocycles. The molecule has 0 aliphatic rings. The van der Waals surface area contributed by atoms with Crippen molar-refractivity contribution < 1.29 is 14.3 Å². The first-order valence-electron chi connectivity index (χ1n) is 6.42. The highest BCUT2D eigenvalue weighted by Gasteiger charge is 2.19. The lowest BCUT2D eigenvalue weighted by Gasteiger charge is -2.21. The Morgan fingerprint density at radius 1 is 1.00 bits per heavy atom. The van der Waals surface area contributed by atoms with E-state index >= 15 is 0 Å². The van der Waals surface area contributed by atoms with Crippen molar-refractivity contribution in [3.63, 3.8) is 0 Å². The fraction of sp³-hybridized carbons (Fsp3) is 0.125. The molecule has 0 aliphatic carbocycles. The van der Waals surface area contributed by atoms with Crippen molar-refractivity contribution in [1.29, 1.82) is 0 Å². The molecule has 2 aromatic carbocycles. The van der Waals surface area contributed by atoms with Crippen LogP contribution in [0.25, 0.3) is 0 Å². The highest BCUT2D eigenvalue weighted by atomic mass is 16.5. The number of ether oxygens (including phenoxy) is 1. The number of nitrogens with zero attached hydrogens (tertiary/aromatic N) is 1. The number of hydrazine groups is 1. The number of nitrogens with one attached hydrogen (secondary N) is 1. The van der Waals surface area contributed by atoms with Gasteiger partial charge in [0.2, 0.25) is 5.91 Å². The van der Waals surface area contributed by atoms with Crippen LogP contribution in [-0.4, -0.2) is 23.9 Å². The zero-order valence-electron chi connectivity index (χ0n) is 11.9. The van der Waals surface area contributed by atoms with Crippen LogP contribution < -0.4 is 10.2 Å². The van der Waals surface area contributed by atoms with Crippen LogP contribution in [0.15, 0.2) is 54.6 Å². The molecular formula is C16H16N2O3. The minimum Gasteiger partial charge on any atom is -0.497 e. The molecule has 0 bridgehead atoms. The maximum atomic E-state index is 12.3. The zero-order valence-corrected chi connectivity index (χ0v) is 11.9. The summed E-state index contributed by atoms with van der Waals surface area (Å²) < 4.78 is 5.06. The van der Waals surface area contributed by atoms with Crippen molar-refractivity contribution in [2.24, 2.45) is 0 Å². The molecule has 5 nitrogen and oxygen atoms in total. The number of imide groups is 1. The monoisotopic (exact) mass is 284 g/mol. The second kappa shape index (κ2) is 6.56. The topological polar surface area (TPSA) is 58.6 Å². The SMILES string of the molecule is COc1ccc(NN(C(C)=O)C(=O)c2ccccc2)cc1. The van der Waals surface area contributed by atoms with Gasteiger partial charge in [0, 0.05) is 12.5 Å². The smallest absolute Gasteiger partial charge is 0.279 e. The van der Waals surface area contributed by atoms with Gasteiger partial charge in [-0.2, -0.15) is 5.01 Å². The third-order valence-electron chi connectivity index (χ3n) is 2.87. The van der Waals surface area contributed by atoms with Crippen LogP contribution in [0.1, 0.15) is 17.3 Å². The van der Waals surface area contributed by atoms with Crippen molar-refractivity contribution in [2.75, 3.05) is 12.5 Å². The van der Waals surface area contributed by atoms with Crippen molar-refractivity contribution in [3.05, 3.63) is 60.2 Å². The molecule has 21 heavy (non-hydrogen) atoms. The number of hydrogen-bond donors (Lipinski definition) is 1. The first kappa shape index (κ1) is 14.6. The van der Waals surface area contributed by atoms with Crippen LogP contribution in [0.4, 0.5) is 5.69 Å². The summed E-state index contributed by atoms with van der Waals surface area (Å²) >= 11 is 0. The molecule has 0 spiro atoms. The van der Waals surface area contributed by atoms with Gasteiger partial charge in [0.05, 0.1) is 12.8 Å². The Bertz CT molecular complexity index is 624. The van der Waals surface area contributed by atoms with E-state index in [-0.39, 0.29) is 5.91 Å². The maximum Gasteiger partial charge on any atom is 0.279 e. The van der Waals surface area contributed by atoms with Gasteiger partial charge in [0.25, 0.3) is 5.91 Å². The first-order valence-corrected chi connectivity index (χ1v) is 6.42. The minimum atomic E-state index is -0.404. The van der Waals surface area contributed by atoms with E-state index < -0.39 is 5.91 Å². The lowest BCUT2D eigenvalue weighted by atomic mass is 10.2. The molecule has 0 saturated carbocycles. The summed E-state index contributed by atoms with van der Waals surface area (Å²) in [4.78, 5) is 24.0. The van der Waals surface area contributed by atoms with Crippen LogP contribution >= 0.6 is 0 Å². The molecule has 1 N–H and O–H groups in total. The summed E-state index contributed by atoms with van der Waals surface area (Å²) in [6.45, 7) is 1.33. The third kappa shape index (κ3) is 3.60. The Morgan fingerprint density at radius 3 is 2.14 bits per heavy atom. The summed E-state index contributed by atoms with van der Waals surface area (Å²) in [6, 6.07) is 15.6. The molecule has 0 aliphatic heterocycles. The Morgan fingerprint density at radius 2 is 1.62 bits per heavy atom. The number of anilines is 1. The fourth-order valence-corrected chi connectivity index (χ4v) is 1.78. The highest BCUT2D eigenvalue weighted by molar-refractivity contribution is 6.04. The quantitative estimate of drug-likeness (QED) is 0.877. The number of benzene rings is 2. The van der Waals surface area contributed by atoms with Crippen LogP contribution in [0, 0.1) is 0 Å². The summed E-state index contributed by atoms with van der Waals surface area (Å²) in [6.07, 6.45) is 0. The van der Waals surface area contributed by atoms with Crippen molar-refractivity contribution in [2.45, 2.75) is 6.92 Å². The Hall–Kier alpha value is -2.82. The molecular weight excluding hydrogens is 268 g/mol. The van der Waals surface area contributed by atoms with Crippen LogP contribution in [0.5, 0.6) is 5.75 Å². The van der Waals surface area contributed by atoms with Gasteiger partial charge in [-0.1, -0.05) is 18.2 Å². The number of rotatable bonds is 4. The summed E-state index contributed by atoms with van der Waals surface area (Å²) in [5.74, 6) is -0.0945. The molecule has 108 valence electrons. The van der Waals surface area contributed by atoms with Crippen molar-refractivity contribution in [3.8, 4) is 5.75 Å². The van der Waals surface area contributed by atoms with Crippen molar-refractivity contribution in [1.82, 2.24) is 5.01 Å². The number of methoxy groups -OCH3 is 1. The molecule has 2 rings (SSSR count). The largest absolute Gasteiger partial charge is 0.497 e. The Balaban J connectivity index is 2.19. The molecule has 0 fully saturated rings. The summed E-state index contributed by atoms with van der Waals surface area (Å²) in [5.41, 5.74) is 3.87. The Kier molecular flexibility index (Phi) is 4.56. The average Bonchev–Trinajstić information content (AvgIpc) is 2.53. The highest BCUT2D eigenvalue weighted by Crippen LogP contribution is 2.16. The fourth-order valence-electron chi connectivity index (χ4n) is 1.78. The second-order valence-electron chi connectivity index (χ2n) is 4.37. The van der Waals surface area contributed by atoms with Gasteiger partial charge in [-0.3, -0.25) is 15.0 Å². The minimum absolute atomic E-state index is 0.389. The number of hydrogen-bond acceptors (Lipinski definition) is 4. The lowest BCUT2D eigenvalue weighted by molar-refractivity contribution is -0.125. The first-order chi connectivity index (χ1) is 10.1. The predicted molar refractivity (Wildman–Crippen MR) is 79.9 cm³/mol. The van der Waals surface area contributed by atoms with E-state index in [0.29, 0.717) is 17.0 Å². The van der Waals surface area contributed by atoms with E-state index in [0.717, 1.165) is 5.01 Å². The second-order valence-corrected chi connectivity index (χ2v) is 4.37. The molecule has 0 atom stereocenters. The third-order valence-corrected chi connectivity index (χ3v) is 2.87. The van der Waals surface area contributed by atoms with E-state index in [1.54, 1.807) is 55.6 Å². The van der Waals surface area contributed by atoms with Gasteiger partial charge in [0.15, 0.2) is 0 Å². The summed E-state index contributed by atoms with van der Waals surface area (Å²) in [5, 5.41) is 0.983. The van der Waals surface area contributed by atoms with E-state index in [2.05, 4.69) is 5.43 Å². The number of carbonyl (C=O) groups excluding carboxylic acids is 2. The van der Waals surface area contributed by atoms with Gasteiger partial charge in [-0.25, -0.2) is 0 Å². The number of carbonyl (C=O) groups is 2. The molecule has 0 saturated heterocycles. The van der Waals surface area contributed by atoms with E-state index in [1.165, 1.54) is 6.92 Å². The molecule has 2 amide bonds. The van der Waals surface area contributed by atoms with Gasteiger partial charge < -0.3 is 4.74 Å². The standard InChI is InChI=1S/C16H16N2O3/c1-12(19)18(16(20)13-6-4-3-5-7-13)17-14-8-10-15(21-2)11-9-14/h3-11,17H,1-2H3. The van der Waals surface area contributed by atoms with Crippen LogP contribution in [-0.2, 0) is 4.79 Å². The molecule has 0 radical (unpaired) electrons. The van der Waals surface area contributed by atoms with Gasteiger partial charge in [-0.15, -0.1) is 0 Å². The van der Waals surface area contributed by atoms with Gasteiger partial charge >= 0.3 is 0 Å². The van der Waals surface area contributed by atoms with Gasteiger partial charge in [-0.05, 0) is 36.4 Å². The van der Waals surface area contributed by atoms with Crippen LogP contribution in [0.2, 0.25) is 0 Å². The van der Waals surface area contributed by atoms with Crippen molar-refractivity contribution >= 4 is 17.5 Å². The Labute approximate surface area is 123 Å². The molecule has 0 unspecified atom stereocenters. The molecule has 5 heteroatoms.